The summed E-state index contributed by atoms with van der Waals surface area (Å²) in [7, 11) is 0. The minimum atomic E-state index is 0.616. The van der Waals surface area contributed by atoms with E-state index in [2.05, 4.69) is 23.5 Å². The van der Waals surface area contributed by atoms with Gasteiger partial charge in [0, 0.05) is 23.0 Å². The van der Waals surface area contributed by atoms with Gasteiger partial charge in [-0.2, -0.15) is 5.26 Å². The van der Waals surface area contributed by atoms with Crippen LogP contribution in [0.3, 0.4) is 0 Å². The average molecular weight is 298 g/mol. The molecule has 0 fully saturated rings. The van der Waals surface area contributed by atoms with Crippen molar-refractivity contribution < 1.29 is 4.42 Å². The summed E-state index contributed by atoms with van der Waals surface area (Å²) in [6.07, 6.45) is 0. The number of benzene rings is 3. The minimum absolute atomic E-state index is 0.616. The van der Waals surface area contributed by atoms with Gasteiger partial charge in [-0.05, 0) is 35.9 Å². The predicted octanol–water partition coefficient (Wildman–Crippen LogP) is 5.07. The van der Waals surface area contributed by atoms with Crippen molar-refractivity contribution in [2.75, 3.05) is 5.32 Å². The third-order valence-electron chi connectivity index (χ3n) is 4.00. The standard InChI is InChI=1S/C20H14N2O/c21-12-14-5-1-2-6-15(14)13-22-16-9-10-20-18(11-16)17-7-3-4-8-19(17)23-20/h1-11,22H,13H2. The molecule has 0 atom stereocenters. The highest BCUT2D eigenvalue weighted by Crippen LogP contribution is 2.30. The molecule has 0 spiro atoms. The van der Waals surface area contributed by atoms with Crippen molar-refractivity contribution in [3.8, 4) is 6.07 Å². The molecule has 4 rings (SSSR count). The topological polar surface area (TPSA) is 49.0 Å². The van der Waals surface area contributed by atoms with Gasteiger partial charge < -0.3 is 9.73 Å². The van der Waals surface area contributed by atoms with Gasteiger partial charge in [0.2, 0.25) is 0 Å². The van der Waals surface area contributed by atoms with Crippen molar-refractivity contribution in [2.45, 2.75) is 6.54 Å². The lowest BCUT2D eigenvalue weighted by molar-refractivity contribution is 0.669. The largest absolute Gasteiger partial charge is 0.456 e. The SMILES string of the molecule is N#Cc1ccccc1CNc1ccc2oc3ccccc3c2c1. The van der Waals surface area contributed by atoms with Crippen LogP contribution in [0.2, 0.25) is 0 Å². The maximum absolute atomic E-state index is 9.16. The van der Waals surface area contributed by atoms with Gasteiger partial charge in [-0.1, -0.05) is 36.4 Å². The maximum Gasteiger partial charge on any atom is 0.135 e. The van der Waals surface area contributed by atoms with Crippen molar-refractivity contribution in [1.82, 2.24) is 0 Å². The Bertz CT molecular complexity index is 1040. The van der Waals surface area contributed by atoms with Gasteiger partial charge in [0.25, 0.3) is 0 Å². The monoisotopic (exact) mass is 298 g/mol. The molecule has 0 amide bonds. The Hall–Kier alpha value is -3.25. The molecule has 0 unspecified atom stereocenters. The summed E-state index contributed by atoms with van der Waals surface area (Å²) in [6, 6.07) is 24.0. The lowest BCUT2D eigenvalue weighted by atomic mass is 10.1. The van der Waals surface area contributed by atoms with Gasteiger partial charge in [0.05, 0.1) is 11.6 Å². The van der Waals surface area contributed by atoms with E-state index in [9.17, 15) is 0 Å². The van der Waals surface area contributed by atoms with Crippen LogP contribution in [0, 0.1) is 11.3 Å². The van der Waals surface area contributed by atoms with E-state index in [0.29, 0.717) is 12.1 Å². The normalized spacial score (nSPS) is 10.7. The number of hydrogen-bond donors (Lipinski definition) is 1. The number of nitriles is 1. The molecule has 1 heterocycles. The van der Waals surface area contributed by atoms with Crippen LogP contribution >= 0.6 is 0 Å². The maximum atomic E-state index is 9.16. The van der Waals surface area contributed by atoms with Gasteiger partial charge >= 0.3 is 0 Å². The number of anilines is 1. The van der Waals surface area contributed by atoms with Crippen molar-refractivity contribution in [2.24, 2.45) is 0 Å². The van der Waals surface area contributed by atoms with Crippen LogP contribution in [0.25, 0.3) is 21.9 Å². The number of hydrogen-bond acceptors (Lipinski definition) is 3. The van der Waals surface area contributed by atoms with E-state index in [1.54, 1.807) is 0 Å². The molecule has 0 aliphatic rings. The molecule has 0 aliphatic carbocycles. The highest BCUT2D eigenvalue weighted by atomic mass is 16.3. The number of nitrogens with zero attached hydrogens (tertiary/aromatic N) is 1. The molecule has 3 heteroatoms. The van der Waals surface area contributed by atoms with Crippen LogP contribution < -0.4 is 5.32 Å². The first-order chi connectivity index (χ1) is 11.3. The number of furan rings is 1. The molecule has 110 valence electrons. The predicted molar refractivity (Wildman–Crippen MR) is 92.2 cm³/mol. The molecule has 0 bridgehead atoms. The number of para-hydroxylation sites is 1. The Morgan fingerprint density at radius 3 is 2.57 bits per heavy atom. The molecular weight excluding hydrogens is 284 g/mol. The molecule has 0 saturated carbocycles. The summed E-state index contributed by atoms with van der Waals surface area (Å²) < 4.78 is 5.84. The molecule has 3 aromatic carbocycles. The van der Waals surface area contributed by atoms with Gasteiger partial charge in [-0.15, -0.1) is 0 Å². The van der Waals surface area contributed by atoms with E-state index < -0.39 is 0 Å². The van der Waals surface area contributed by atoms with E-state index in [4.69, 9.17) is 9.68 Å². The van der Waals surface area contributed by atoms with E-state index in [0.717, 1.165) is 33.2 Å². The van der Waals surface area contributed by atoms with Crippen molar-refractivity contribution in [1.29, 1.82) is 5.26 Å². The average Bonchev–Trinajstić information content (AvgIpc) is 2.98. The number of nitrogens with one attached hydrogen (secondary N) is 1. The van der Waals surface area contributed by atoms with Crippen molar-refractivity contribution in [3.05, 3.63) is 77.9 Å². The lowest BCUT2D eigenvalue weighted by Gasteiger charge is -2.08. The zero-order chi connectivity index (χ0) is 15.6. The van der Waals surface area contributed by atoms with E-state index in [1.807, 2.05) is 54.6 Å². The summed E-state index contributed by atoms with van der Waals surface area (Å²) in [5.41, 5.74) is 4.49. The second-order valence-electron chi connectivity index (χ2n) is 5.43. The first-order valence-corrected chi connectivity index (χ1v) is 7.48. The van der Waals surface area contributed by atoms with Crippen LogP contribution in [0.1, 0.15) is 11.1 Å². The highest BCUT2D eigenvalue weighted by Gasteiger charge is 2.07. The second-order valence-corrected chi connectivity index (χ2v) is 5.43. The van der Waals surface area contributed by atoms with Crippen LogP contribution in [0.4, 0.5) is 5.69 Å². The van der Waals surface area contributed by atoms with Gasteiger partial charge in [0.15, 0.2) is 0 Å². The molecule has 3 nitrogen and oxygen atoms in total. The minimum Gasteiger partial charge on any atom is -0.456 e. The number of fused-ring (bicyclic) bond motifs is 3. The Morgan fingerprint density at radius 1 is 0.870 bits per heavy atom. The van der Waals surface area contributed by atoms with Gasteiger partial charge in [-0.25, -0.2) is 0 Å². The molecule has 0 aliphatic heterocycles. The molecule has 23 heavy (non-hydrogen) atoms. The molecule has 4 aromatic rings. The highest BCUT2D eigenvalue weighted by molar-refractivity contribution is 6.05. The Morgan fingerprint density at radius 2 is 1.65 bits per heavy atom. The Balaban J connectivity index is 1.67. The molecule has 1 N–H and O–H groups in total. The first kappa shape index (κ1) is 13.4. The lowest BCUT2D eigenvalue weighted by Crippen LogP contribution is -2.01. The molecule has 0 saturated heterocycles. The first-order valence-electron chi connectivity index (χ1n) is 7.48. The summed E-state index contributed by atoms with van der Waals surface area (Å²) in [5, 5.41) is 14.8. The fourth-order valence-electron chi connectivity index (χ4n) is 2.82. The van der Waals surface area contributed by atoms with E-state index in [1.165, 1.54) is 0 Å². The van der Waals surface area contributed by atoms with E-state index in [-0.39, 0.29) is 0 Å². The Kier molecular flexibility index (Phi) is 3.21. The summed E-state index contributed by atoms with van der Waals surface area (Å²) in [6.45, 7) is 0.616. The van der Waals surface area contributed by atoms with E-state index >= 15 is 0 Å². The Labute approximate surface area is 133 Å². The molecular formula is C20H14N2O. The van der Waals surface area contributed by atoms with Crippen molar-refractivity contribution >= 4 is 27.6 Å². The van der Waals surface area contributed by atoms with Crippen LogP contribution in [-0.4, -0.2) is 0 Å². The third-order valence-corrected chi connectivity index (χ3v) is 4.00. The molecule has 1 aromatic heterocycles. The summed E-state index contributed by atoms with van der Waals surface area (Å²) in [4.78, 5) is 0. The summed E-state index contributed by atoms with van der Waals surface area (Å²) in [5.74, 6) is 0. The third kappa shape index (κ3) is 2.41. The summed E-state index contributed by atoms with van der Waals surface area (Å²) >= 11 is 0. The molecule has 0 radical (unpaired) electrons. The van der Waals surface area contributed by atoms with Crippen LogP contribution in [0.15, 0.2) is 71.1 Å². The zero-order valence-electron chi connectivity index (χ0n) is 12.4. The zero-order valence-corrected chi connectivity index (χ0v) is 12.4. The van der Waals surface area contributed by atoms with Gasteiger partial charge in [-0.3, -0.25) is 0 Å². The van der Waals surface area contributed by atoms with Crippen LogP contribution in [0.5, 0.6) is 0 Å². The van der Waals surface area contributed by atoms with Gasteiger partial charge in [0.1, 0.15) is 11.2 Å². The fourth-order valence-corrected chi connectivity index (χ4v) is 2.82. The second kappa shape index (κ2) is 5.51. The number of rotatable bonds is 3. The smallest absolute Gasteiger partial charge is 0.135 e. The quantitative estimate of drug-likeness (QED) is 0.574. The van der Waals surface area contributed by atoms with Crippen LogP contribution in [-0.2, 0) is 6.54 Å². The fraction of sp³-hybridized carbons (Fsp3) is 0.0500. The van der Waals surface area contributed by atoms with Crippen molar-refractivity contribution in [3.63, 3.8) is 0 Å².